The fourth-order valence-electron chi connectivity index (χ4n) is 1.79. The van der Waals surface area contributed by atoms with Crippen LogP contribution in [-0.4, -0.2) is 21.9 Å². The van der Waals surface area contributed by atoms with Gasteiger partial charge in [0.15, 0.2) is 0 Å². The minimum Gasteiger partial charge on any atom is -0.368 e. The van der Waals surface area contributed by atoms with Crippen LogP contribution >= 0.6 is 11.6 Å². The zero-order valence-corrected chi connectivity index (χ0v) is 9.14. The van der Waals surface area contributed by atoms with Crippen LogP contribution in [0.15, 0.2) is 6.07 Å². The fraction of sp³-hybridized carbons (Fsp3) is 0.556. The molecule has 0 aromatic carbocycles. The molecular formula is C9H11ClF2N4. The molecule has 0 amide bonds. The molecule has 7 heteroatoms. The van der Waals surface area contributed by atoms with E-state index in [0.717, 1.165) is 0 Å². The molecule has 0 aliphatic heterocycles. The zero-order chi connectivity index (χ0) is 11.8. The van der Waals surface area contributed by atoms with Crippen LogP contribution in [0.5, 0.6) is 0 Å². The number of halogens is 3. The van der Waals surface area contributed by atoms with E-state index in [2.05, 4.69) is 15.3 Å². The molecule has 0 bridgehead atoms. The summed E-state index contributed by atoms with van der Waals surface area (Å²) in [6.45, 7) is 0. The van der Waals surface area contributed by atoms with Gasteiger partial charge in [0.2, 0.25) is 11.9 Å². The zero-order valence-electron chi connectivity index (χ0n) is 8.38. The number of nitrogens with two attached hydrogens (primary N) is 1. The van der Waals surface area contributed by atoms with Crippen LogP contribution in [0.4, 0.5) is 20.5 Å². The number of hydrogen-bond acceptors (Lipinski definition) is 4. The van der Waals surface area contributed by atoms with Gasteiger partial charge in [-0.25, -0.2) is 13.8 Å². The molecule has 1 saturated carbocycles. The van der Waals surface area contributed by atoms with Crippen molar-refractivity contribution in [1.29, 1.82) is 0 Å². The molecule has 1 heterocycles. The van der Waals surface area contributed by atoms with E-state index in [4.69, 9.17) is 17.3 Å². The first-order valence-corrected chi connectivity index (χ1v) is 5.27. The van der Waals surface area contributed by atoms with Gasteiger partial charge < -0.3 is 11.1 Å². The normalized spacial score (nSPS) is 23.3. The Labute approximate surface area is 96.2 Å². The van der Waals surface area contributed by atoms with Crippen LogP contribution in [-0.2, 0) is 0 Å². The van der Waals surface area contributed by atoms with Crippen molar-refractivity contribution in [2.75, 3.05) is 11.1 Å². The monoisotopic (exact) mass is 248 g/mol. The summed E-state index contributed by atoms with van der Waals surface area (Å²) < 4.78 is 25.9. The summed E-state index contributed by atoms with van der Waals surface area (Å²) in [6, 6.07) is 1.18. The van der Waals surface area contributed by atoms with Gasteiger partial charge in [-0.15, -0.1) is 0 Å². The third kappa shape index (κ3) is 2.69. The van der Waals surface area contributed by atoms with Crippen molar-refractivity contribution in [2.45, 2.75) is 31.2 Å². The Morgan fingerprint density at radius 2 is 2.25 bits per heavy atom. The van der Waals surface area contributed by atoms with E-state index in [1.165, 1.54) is 6.07 Å². The van der Waals surface area contributed by atoms with E-state index in [1.807, 2.05) is 0 Å². The molecule has 88 valence electrons. The first-order valence-electron chi connectivity index (χ1n) is 4.89. The lowest BCUT2D eigenvalue weighted by Gasteiger charge is -2.13. The van der Waals surface area contributed by atoms with Crippen molar-refractivity contribution in [1.82, 2.24) is 9.97 Å². The number of anilines is 2. The highest BCUT2D eigenvalue weighted by Crippen LogP contribution is 2.36. The van der Waals surface area contributed by atoms with E-state index in [0.29, 0.717) is 12.2 Å². The Hall–Kier alpha value is -1.17. The molecule has 0 spiro atoms. The van der Waals surface area contributed by atoms with E-state index < -0.39 is 5.92 Å². The number of alkyl halides is 2. The second-order valence-electron chi connectivity index (χ2n) is 3.87. The molecular weight excluding hydrogens is 238 g/mol. The minimum atomic E-state index is -2.58. The predicted molar refractivity (Wildman–Crippen MR) is 57.7 cm³/mol. The Morgan fingerprint density at radius 3 is 2.81 bits per heavy atom. The molecule has 1 aromatic heterocycles. The minimum absolute atomic E-state index is 0.0276. The first kappa shape index (κ1) is 11.3. The standard InChI is InChI=1S/C9H11ClF2N4/c10-6-3-7(16-8(13)15-6)14-5-1-2-9(11,12)4-5/h3,5H,1-2,4H2,(H3,13,14,15,16). The molecule has 1 atom stereocenters. The molecule has 16 heavy (non-hydrogen) atoms. The molecule has 0 saturated heterocycles. The van der Waals surface area contributed by atoms with Gasteiger partial charge in [-0.1, -0.05) is 11.6 Å². The molecule has 4 nitrogen and oxygen atoms in total. The van der Waals surface area contributed by atoms with Crippen molar-refractivity contribution in [3.05, 3.63) is 11.2 Å². The van der Waals surface area contributed by atoms with Crippen molar-refractivity contribution in [2.24, 2.45) is 0 Å². The number of hydrogen-bond donors (Lipinski definition) is 2. The summed E-state index contributed by atoms with van der Waals surface area (Å²) in [6.07, 6.45) is 0.127. The van der Waals surface area contributed by atoms with Gasteiger partial charge in [-0.3, -0.25) is 0 Å². The van der Waals surface area contributed by atoms with Gasteiger partial charge in [0, 0.05) is 24.9 Å². The Balaban J connectivity index is 2.05. The summed E-state index contributed by atoms with van der Waals surface area (Å²) in [4.78, 5) is 7.55. The first-order chi connectivity index (χ1) is 7.44. The van der Waals surface area contributed by atoms with Crippen LogP contribution in [0.2, 0.25) is 5.15 Å². The second kappa shape index (κ2) is 4.01. The lowest BCUT2D eigenvalue weighted by Crippen LogP contribution is -2.20. The quantitative estimate of drug-likeness (QED) is 0.789. The van der Waals surface area contributed by atoms with Crippen molar-refractivity contribution in [3.8, 4) is 0 Å². The molecule has 1 unspecified atom stereocenters. The molecule has 1 aliphatic carbocycles. The summed E-state index contributed by atoms with van der Waals surface area (Å²) in [5.41, 5.74) is 5.39. The molecule has 1 aromatic rings. The maximum atomic E-state index is 12.9. The Kier molecular flexibility index (Phi) is 2.84. The van der Waals surface area contributed by atoms with E-state index >= 15 is 0 Å². The lowest BCUT2D eigenvalue weighted by atomic mass is 10.2. The Bertz CT molecular complexity index is 379. The highest BCUT2D eigenvalue weighted by atomic mass is 35.5. The van der Waals surface area contributed by atoms with Gasteiger partial charge in [0.25, 0.3) is 0 Å². The van der Waals surface area contributed by atoms with Crippen molar-refractivity contribution >= 4 is 23.4 Å². The average molecular weight is 249 g/mol. The highest BCUT2D eigenvalue weighted by Gasteiger charge is 2.39. The lowest BCUT2D eigenvalue weighted by molar-refractivity contribution is 0.00852. The summed E-state index contributed by atoms with van der Waals surface area (Å²) in [5.74, 6) is -2.17. The summed E-state index contributed by atoms with van der Waals surface area (Å²) >= 11 is 5.67. The van der Waals surface area contributed by atoms with Crippen molar-refractivity contribution in [3.63, 3.8) is 0 Å². The number of rotatable bonds is 2. The smallest absolute Gasteiger partial charge is 0.250 e. The number of nitrogens with zero attached hydrogens (tertiary/aromatic N) is 2. The van der Waals surface area contributed by atoms with Gasteiger partial charge in [0.05, 0.1) is 0 Å². The van der Waals surface area contributed by atoms with E-state index in [1.54, 1.807) is 0 Å². The maximum absolute atomic E-state index is 12.9. The highest BCUT2D eigenvalue weighted by molar-refractivity contribution is 6.29. The Morgan fingerprint density at radius 1 is 1.50 bits per heavy atom. The van der Waals surface area contributed by atoms with Crippen LogP contribution in [0.25, 0.3) is 0 Å². The molecule has 1 fully saturated rings. The van der Waals surface area contributed by atoms with E-state index in [9.17, 15) is 8.78 Å². The number of aromatic nitrogens is 2. The van der Waals surface area contributed by atoms with Crippen molar-refractivity contribution < 1.29 is 8.78 Å². The van der Waals surface area contributed by atoms with Gasteiger partial charge in [0.1, 0.15) is 11.0 Å². The largest absolute Gasteiger partial charge is 0.368 e. The van der Waals surface area contributed by atoms with Crippen LogP contribution < -0.4 is 11.1 Å². The third-order valence-electron chi connectivity index (χ3n) is 2.47. The molecule has 3 N–H and O–H groups in total. The topological polar surface area (TPSA) is 63.8 Å². The maximum Gasteiger partial charge on any atom is 0.250 e. The van der Waals surface area contributed by atoms with Crippen LogP contribution in [0.1, 0.15) is 19.3 Å². The summed E-state index contributed by atoms with van der Waals surface area (Å²) in [5, 5.41) is 3.08. The van der Waals surface area contributed by atoms with Gasteiger partial charge in [-0.05, 0) is 6.42 Å². The fourth-order valence-corrected chi connectivity index (χ4v) is 1.98. The van der Waals surface area contributed by atoms with Gasteiger partial charge >= 0.3 is 0 Å². The van der Waals surface area contributed by atoms with E-state index in [-0.39, 0.29) is 30.0 Å². The SMILES string of the molecule is Nc1nc(Cl)cc(NC2CCC(F)(F)C2)n1. The van der Waals surface area contributed by atoms with Crippen LogP contribution in [0.3, 0.4) is 0 Å². The third-order valence-corrected chi connectivity index (χ3v) is 2.66. The molecule has 2 rings (SSSR count). The predicted octanol–water partition coefficient (Wildman–Crippen LogP) is 2.31. The average Bonchev–Trinajstić information content (AvgIpc) is 2.43. The number of nitrogens with one attached hydrogen (secondary N) is 1. The van der Waals surface area contributed by atoms with Gasteiger partial charge in [-0.2, -0.15) is 4.98 Å². The number of nitrogen functional groups attached to an aromatic ring is 1. The molecule has 0 radical (unpaired) electrons. The summed E-state index contributed by atoms with van der Waals surface area (Å²) in [7, 11) is 0. The molecule has 1 aliphatic rings. The second-order valence-corrected chi connectivity index (χ2v) is 4.26. The van der Waals surface area contributed by atoms with Crippen LogP contribution in [0, 0.1) is 0 Å².